The summed E-state index contributed by atoms with van der Waals surface area (Å²) in [4.78, 5) is 26.4. The highest BCUT2D eigenvalue weighted by atomic mass is 16.5. The van der Waals surface area contributed by atoms with E-state index < -0.39 is 17.0 Å². The van der Waals surface area contributed by atoms with Crippen LogP contribution in [0.15, 0.2) is 68.4 Å². The van der Waals surface area contributed by atoms with Crippen LogP contribution in [0, 0.1) is 11.3 Å². The van der Waals surface area contributed by atoms with E-state index in [0.717, 1.165) is 5.56 Å². The summed E-state index contributed by atoms with van der Waals surface area (Å²) in [6.07, 6.45) is 1.63. The van der Waals surface area contributed by atoms with Crippen molar-refractivity contribution in [1.29, 1.82) is 5.26 Å². The summed E-state index contributed by atoms with van der Waals surface area (Å²) in [5, 5.41) is 10.7. The maximum Gasteiger partial charge on any atom is 0.344 e. The van der Waals surface area contributed by atoms with Gasteiger partial charge >= 0.3 is 5.63 Å². The Morgan fingerprint density at radius 1 is 1.03 bits per heavy atom. The minimum absolute atomic E-state index is 0.0129. The van der Waals surface area contributed by atoms with Gasteiger partial charge in [-0.25, -0.2) is 4.79 Å². The SMILES string of the molecule is COc1ccc(-c2cc3cc(C4C(C#N)=C(N)OC5=C4C(=O)CCC5)cc(C(C)(C)C)c3oc2=O)cc1OC. The van der Waals surface area contributed by atoms with Crippen LogP contribution in [0.5, 0.6) is 11.5 Å². The van der Waals surface area contributed by atoms with Gasteiger partial charge in [-0.3, -0.25) is 4.79 Å². The summed E-state index contributed by atoms with van der Waals surface area (Å²) in [5.41, 5.74) is 8.83. The predicted octanol–water partition coefficient (Wildman–Crippen LogP) is 5.59. The van der Waals surface area contributed by atoms with Gasteiger partial charge in [0.05, 0.1) is 25.7 Å². The van der Waals surface area contributed by atoms with Gasteiger partial charge in [0, 0.05) is 29.4 Å². The molecule has 0 amide bonds. The zero-order valence-corrected chi connectivity index (χ0v) is 22.6. The van der Waals surface area contributed by atoms with Crippen LogP contribution in [0.4, 0.5) is 0 Å². The molecule has 8 heteroatoms. The Kier molecular flexibility index (Phi) is 6.47. The minimum Gasteiger partial charge on any atom is -0.493 e. The summed E-state index contributed by atoms with van der Waals surface area (Å²) in [7, 11) is 3.07. The molecule has 200 valence electrons. The van der Waals surface area contributed by atoms with Crippen LogP contribution in [-0.4, -0.2) is 20.0 Å². The molecule has 2 heterocycles. The van der Waals surface area contributed by atoms with Crippen molar-refractivity contribution in [2.45, 2.75) is 51.4 Å². The first kappa shape index (κ1) is 26.1. The molecule has 0 saturated heterocycles. The summed E-state index contributed by atoms with van der Waals surface area (Å²) >= 11 is 0. The van der Waals surface area contributed by atoms with E-state index in [1.54, 1.807) is 31.4 Å². The Labute approximate surface area is 226 Å². The second-order valence-electron chi connectivity index (χ2n) is 10.8. The smallest absolute Gasteiger partial charge is 0.344 e. The number of hydrogen-bond acceptors (Lipinski definition) is 8. The van der Waals surface area contributed by atoms with E-state index in [4.69, 9.17) is 24.4 Å². The molecule has 2 aliphatic rings. The molecule has 1 atom stereocenters. The number of nitrogens with zero attached hydrogens (tertiary/aromatic N) is 1. The van der Waals surface area contributed by atoms with Crippen molar-refractivity contribution in [2.24, 2.45) is 5.73 Å². The maximum atomic E-state index is 13.3. The maximum absolute atomic E-state index is 13.3. The van der Waals surface area contributed by atoms with E-state index in [2.05, 4.69) is 6.07 Å². The number of methoxy groups -OCH3 is 2. The molecule has 2 aromatic carbocycles. The topological polar surface area (TPSA) is 125 Å². The Hall–Kier alpha value is -4.51. The molecule has 0 radical (unpaired) electrons. The highest BCUT2D eigenvalue weighted by Gasteiger charge is 2.39. The molecule has 3 aromatic rings. The second kappa shape index (κ2) is 9.66. The molecule has 0 spiro atoms. The van der Waals surface area contributed by atoms with Gasteiger partial charge < -0.3 is 24.4 Å². The first-order valence-electron chi connectivity index (χ1n) is 12.8. The van der Waals surface area contributed by atoms with Crippen molar-refractivity contribution in [1.82, 2.24) is 0 Å². The molecule has 0 saturated carbocycles. The number of ketones is 1. The summed E-state index contributed by atoms with van der Waals surface area (Å²) in [5.74, 6) is 0.834. The number of carbonyl (C=O) groups excluding carboxylic acids is 1. The first-order chi connectivity index (χ1) is 18.6. The Morgan fingerprint density at radius 3 is 2.44 bits per heavy atom. The second-order valence-corrected chi connectivity index (χ2v) is 10.8. The zero-order chi connectivity index (χ0) is 28.1. The van der Waals surface area contributed by atoms with Gasteiger partial charge in [-0.1, -0.05) is 32.9 Å². The first-order valence-corrected chi connectivity index (χ1v) is 12.8. The molecule has 1 unspecified atom stereocenters. The number of nitriles is 1. The predicted molar refractivity (Wildman–Crippen MR) is 146 cm³/mol. The number of rotatable bonds is 4. The summed E-state index contributed by atoms with van der Waals surface area (Å²) < 4.78 is 22.5. The average Bonchev–Trinajstić information content (AvgIpc) is 2.90. The van der Waals surface area contributed by atoms with E-state index in [-0.39, 0.29) is 17.2 Å². The number of allylic oxidation sites excluding steroid dienone is 3. The fourth-order valence-electron chi connectivity index (χ4n) is 5.38. The van der Waals surface area contributed by atoms with E-state index in [1.807, 2.05) is 32.9 Å². The van der Waals surface area contributed by atoms with Crippen molar-refractivity contribution in [3.63, 3.8) is 0 Å². The monoisotopic (exact) mass is 526 g/mol. The van der Waals surface area contributed by atoms with E-state index in [0.29, 0.717) is 69.8 Å². The van der Waals surface area contributed by atoms with Gasteiger partial charge in [-0.2, -0.15) is 5.26 Å². The number of hydrogen-bond donors (Lipinski definition) is 1. The zero-order valence-electron chi connectivity index (χ0n) is 22.6. The van der Waals surface area contributed by atoms with Crippen LogP contribution >= 0.6 is 0 Å². The number of ether oxygens (including phenoxy) is 3. The van der Waals surface area contributed by atoms with Crippen LogP contribution in [0.25, 0.3) is 22.1 Å². The Morgan fingerprint density at radius 2 is 1.77 bits per heavy atom. The van der Waals surface area contributed by atoms with Gasteiger partial charge in [0.25, 0.3) is 0 Å². The molecule has 1 aliphatic heterocycles. The van der Waals surface area contributed by atoms with Crippen molar-refractivity contribution in [3.8, 4) is 28.7 Å². The summed E-state index contributed by atoms with van der Waals surface area (Å²) in [6.45, 7) is 6.05. The largest absolute Gasteiger partial charge is 0.493 e. The molecular weight excluding hydrogens is 496 g/mol. The number of nitrogens with two attached hydrogens (primary N) is 1. The van der Waals surface area contributed by atoms with Crippen molar-refractivity contribution >= 4 is 16.8 Å². The van der Waals surface area contributed by atoms with Gasteiger partial charge in [-0.15, -0.1) is 0 Å². The van der Waals surface area contributed by atoms with Crippen LogP contribution in [0.2, 0.25) is 0 Å². The lowest BCUT2D eigenvalue weighted by atomic mass is 9.75. The van der Waals surface area contributed by atoms with Crippen LogP contribution in [0.1, 0.15) is 57.1 Å². The summed E-state index contributed by atoms with van der Waals surface area (Å²) in [6, 6.07) is 12.9. The molecule has 1 aliphatic carbocycles. The molecule has 8 nitrogen and oxygen atoms in total. The normalized spacial score (nSPS) is 17.5. The third-order valence-electron chi connectivity index (χ3n) is 7.30. The number of benzene rings is 2. The molecule has 0 bridgehead atoms. The highest BCUT2D eigenvalue weighted by molar-refractivity contribution is 6.00. The molecular formula is C31H30N2O6. The van der Waals surface area contributed by atoms with E-state index in [9.17, 15) is 14.9 Å². The Balaban J connectivity index is 1.79. The lowest BCUT2D eigenvalue weighted by molar-refractivity contribution is -0.116. The van der Waals surface area contributed by atoms with Gasteiger partial charge in [0.1, 0.15) is 23.0 Å². The highest BCUT2D eigenvalue weighted by Crippen LogP contribution is 2.45. The van der Waals surface area contributed by atoms with E-state index >= 15 is 0 Å². The van der Waals surface area contributed by atoms with Crippen molar-refractivity contribution < 1.29 is 23.4 Å². The molecule has 0 fully saturated rings. The molecule has 5 rings (SSSR count). The third kappa shape index (κ3) is 4.44. The molecule has 1 aromatic heterocycles. The Bertz CT molecular complexity index is 1680. The fourth-order valence-corrected chi connectivity index (χ4v) is 5.38. The lowest BCUT2D eigenvalue weighted by Gasteiger charge is -2.32. The average molecular weight is 527 g/mol. The lowest BCUT2D eigenvalue weighted by Crippen LogP contribution is -2.27. The standard InChI is InChI=1S/C31H30N2O6/c1-31(2,3)21-13-17(26-20(15-32)29(33)38-24-8-6-7-22(34)27(24)26)11-18-12-19(30(35)39-28(18)21)16-9-10-23(36-4)25(14-16)37-5/h9-14,26H,6-8,33H2,1-5H3. The number of Topliss-reactive ketones (excluding diaryl/α,β-unsaturated/α-hetero) is 1. The van der Waals surface area contributed by atoms with E-state index in [1.165, 1.54) is 7.11 Å². The van der Waals surface area contributed by atoms with Crippen LogP contribution in [0.3, 0.4) is 0 Å². The third-order valence-corrected chi connectivity index (χ3v) is 7.30. The quantitative estimate of drug-likeness (QED) is 0.436. The number of fused-ring (bicyclic) bond motifs is 1. The van der Waals surface area contributed by atoms with Crippen molar-refractivity contribution in [3.05, 3.63) is 80.7 Å². The van der Waals surface area contributed by atoms with Gasteiger partial charge in [0.15, 0.2) is 17.3 Å². The van der Waals surface area contributed by atoms with Crippen LogP contribution in [-0.2, 0) is 14.9 Å². The fraction of sp³-hybridized carbons (Fsp3) is 0.323. The number of carbonyl (C=O) groups is 1. The van der Waals surface area contributed by atoms with Gasteiger partial charge in [-0.05, 0) is 47.2 Å². The molecule has 2 N–H and O–H groups in total. The minimum atomic E-state index is -0.673. The van der Waals surface area contributed by atoms with Gasteiger partial charge in [0.2, 0.25) is 5.88 Å². The van der Waals surface area contributed by atoms with Crippen molar-refractivity contribution in [2.75, 3.05) is 14.2 Å². The molecule has 39 heavy (non-hydrogen) atoms. The van der Waals surface area contributed by atoms with Crippen LogP contribution < -0.4 is 20.8 Å².